The number of aromatic nitrogens is 2. The van der Waals surface area contributed by atoms with Crippen molar-refractivity contribution in [3.63, 3.8) is 0 Å². The Hall–Kier alpha value is -3.70. The minimum absolute atomic E-state index is 0.175. The van der Waals surface area contributed by atoms with Gasteiger partial charge < -0.3 is 4.74 Å². The average molecular weight is 453 g/mol. The van der Waals surface area contributed by atoms with Crippen molar-refractivity contribution in [1.29, 1.82) is 0 Å². The Morgan fingerprint density at radius 3 is 2.27 bits per heavy atom. The molecular formula is C28H24N2O2S. The molecule has 2 heterocycles. The zero-order valence-corrected chi connectivity index (χ0v) is 19.1. The number of carbonyl (C=O) groups excluding carboxylic acids is 1. The quantitative estimate of drug-likeness (QED) is 0.322. The van der Waals surface area contributed by atoms with E-state index in [1.54, 1.807) is 6.07 Å². The smallest absolute Gasteiger partial charge is 0.348 e. The Morgan fingerprint density at radius 1 is 0.970 bits per heavy atom. The summed E-state index contributed by atoms with van der Waals surface area (Å²) in [4.78, 5) is 13.5. The number of ether oxygens (including phenoxy) is 1. The molecule has 0 saturated heterocycles. The lowest BCUT2D eigenvalue weighted by atomic mass is 9.70. The van der Waals surface area contributed by atoms with E-state index < -0.39 is 5.54 Å². The van der Waals surface area contributed by atoms with Crippen molar-refractivity contribution >= 4 is 17.3 Å². The van der Waals surface area contributed by atoms with Crippen LogP contribution in [0.4, 0.5) is 0 Å². The van der Waals surface area contributed by atoms with Gasteiger partial charge in [0.25, 0.3) is 0 Å². The van der Waals surface area contributed by atoms with Gasteiger partial charge in [0.15, 0.2) is 0 Å². The fraction of sp³-hybridized carbons (Fsp3) is 0.143. The zero-order valence-electron chi connectivity index (χ0n) is 18.3. The molecule has 1 aliphatic rings. The number of esters is 1. The van der Waals surface area contributed by atoms with Crippen molar-refractivity contribution < 1.29 is 9.53 Å². The molecule has 0 saturated carbocycles. The van der Waals surface area contributed by atoms with E-state index in [-0.39, 0.29) is 11.9 Å². The Kier molecular flexibility index (Phi) is 5.80. The Balaban J connectivity index is 1.70. The molecule has 0 aliphatic heterocycles. The van der Waals surface area contributed by atoms with Crippen LogP contribution in [0.5, 0.6) is 0 Å². The largest absolute Gasteiger partial charge is 0.465 e. The van der Waals surface area contributed by atoms with Crippen LogP contribution in [0.25, 0.3) is 10.6 Å². The van der Waals surface area contributed by atoms with E-state index in [9.17, 15) is 4.79 Å². The number of carbonyl (C=O) groups is 1. The minimum Gasteiger partial charge on any atom is -0.465 e. The zero-order chi connectivity index (χ0) is 22.7. The molecule has 1 unspecified atom stereocenters. The van der Waals surface area contributed by atoms with Crippen molar-refractivity contribution in [2.24, 2.45) is 5.92 Å². The van der Waals surface area contributed by atoms with E-state index in [1.807, 2.05) is 24.3 Å². The fourth-order valence-electron chi connectivity index (χ4n) is 4.64. The lowest BCUT2D eigenvalue weighted by molar-refractivity contribution is 0.0606. The second-order valence-electron chi connectivity index (χ2n) is 7.95. The summed E-state index contributed by atoms with van der Waals surface area (Å²) < 4.78 is 6.97. The predicted octanol–water partition coefficient (Wildman–Crippen LogP) is 6.32. The number of allylic oxidation sites excluding steroid dienone is 4. The molecule has 1 aliphatic carbocycles. The fourth-order valence-corrected chi connectivity index (χ4v) is 5.53. The van der Waals surface area contributed by atoms with E-state index in [1.165, 1.54) is 29.6 Å². The number of benzene rings is 2. The first-order valence-corrected chi connectivity index (χ1v) is 11.7. The van der Waals surface area contributed by atoms with Crippen LogP contribution >= 0.6 is 11.3 Å². The van der Waals surface area contributed by atoms with Crippen molar-refractivity contribution in [3.05, 3.63) is 125 Å². The molecule has 2 aromatic heterocycles. The molecule has 0 bridgehead atoms. The third-order valence-electron chi connectivity index (χ3n) is 6.14. The van der Waals surface area contributed by atoms with Crippen LogP contribution < -0.4 is 0 Å². The van der Waals surface area contributed by atoms with Crippen molar-refractivity contribution in [1.82, 2.24) is 9.78 Å². The third-order valence-corrected chi connectivity index (χ3v) is 7.23. The summed E-state index contributed by atoms with van der Waals surface area (Å²) in [5.74, 6) is -0.151. The Morgan fingerprint density at radius 2 is 1.67 bits per heavy atom. The standard InChI is InChI=1S/C28H24N2O2S/c1-32-27(31)26-18-17-25(33-26)24-19-20-30(29-24)28(21-11-5-2-6-12-21,22-13-7-3-8-14-22)23-15-9-4-10-16-23/h2-15,17-20,23H,16H2,1H3. The van der Waals surface area contributed by atoms with Crippen LogP contribution in [-0.4, -0.2) is 22.9 Å². The lowest BCUT2D eigenvalue weighted by Gasteiger charge is -2.41. The number of hydrogen-bond donors (Lipinski definition) is 0. The maximum atomic E-state index is 11.9. The highest BCUT2D eigenvalue weighted by Gasteiger charge is 2.43. The van der Waals surface area contributed by atoms with E-state index >= 15 is 0 Å². The molecule has 4 nitrogen and oxygen atoms in total. The predicted molar refractivity (Wildman–Crippen MR) is 132 cm³/mol. The van der Waals surface area contributed by atoms with Gasteiger partial charge in [-0.2, -0.15) is 5.10 Å². The molecule has 164 valence electrons. The summed E-state index contributed by atoms with van der Waals surface area (Å²) in [6.07, 6.45) is 11.7. The van der Waals surface area contributed by atoms with Gasteiger partial charge in [-0.15, -0.1) is 11.3 Å². The minimum atomic E-state index is -0.523. The van der Waals surface area contributed by atoms with Crippen LogP contribution in [0.3, 0.4) is 0 Å². The molecule has 2 aromatic carbocycles. The maximum absolute atomic E-state index is 11.9. The average Bonchev–Trinajstić information content (AvgIpc) is 3.57. The van der Waals surface area contributed by atoms with Gasteiger partial charge in [-0.05, 0) is 35.7 Å². The van der Waals surface area contributed by atoms with Crippen LogP contribution in [0, 0.1) is 5.92 Å². The van der Waals surface area contributed by atoms with E-state index in [0.717, 1.165) is 17.0 Å². The normalized spacial score (nSPS) is 15.5. The van der Waals surface area contributed by atoms with Crippen molar-refractivity contribution in [2.45, 2.75) is 12.0 Å². The second kappa shape index (κ2) is 9.04. The summed E-state index contributed by atoms with van der Waals surface area (Å²) in [5, 5.41) is 5.10. The van der Waals surface area contributed by atoms with Gasteiger partial charge in [0.05, 0.1) is 12.0 Å². The molecule has 4 aromatic rings. The van der Waals surface area contributed by atoms with Gasteiger partial charge in [0, 0.05) is 12.1 Å². The lowest BCUT2D eigenvalue weighted by Crippen LogP contribution is -2.43. The van der Waals surface area contributed by atoms with Gasteiger partial charge in [-0.1, -0.05) is 85.0 Å². The Bertz CT molecular complexity index is 1260. The Labute approximate surface area is 197 Å². The third kappa shape index (κ3) is 3.74. The summed E-state index contributed by atoms with van der Waals surface area (Å²) in [6, 6.07) is 26.9. The summed E-state index contributed by atoms with van der Waals surface area (Å²) in [5.41, 5.74) is 2.67. The van der Waals surface area contributed by atoms with Crippen LogP contribution in [0.2, 0.25) is 0 Å². The van der Waals surface area contributed by atoms with Gasteiger partial charge in [-0.25, -0.2) is 4.79 Å². The highest BCUT2D eigenvalue weighted by molar-refractivity contribution is 7.17. The number of rotatable bonds is 6. The topological polar surface area (TPSA) is 44.1 Å². The number of hydrogen-bond acceptors (Lipinski definition) is 4. The molecule has 0 spiro atoms. The molecule has 0 amide bonds. The van der Waals surface area contributed by atoms with Gasteiger partial charge >= 0.3 is 5.97 Å². The molecule has 5 rings (SSSR count). The second-order valence-corrected chi connectivity index (χ2v) is 9.04. The first-order valence-electron chi connectivity index (χ1n) is 10.9. The molecule has 5 heteroatoms. The molecule has 0 fully saturated rings. The number of nitrogens with zero attached hydrogens (tertiary/aromatic N) is 2. The first-order chi connectivity index (χ1) is 16.2. The van der Waals surface area contributed by atoms with Crippen LogP contribution in [0.1, 0.15) is 27.2 Å². The van der Waals surface area contributed by atoms with E-state index in [4.69, 9.17) is 9.84 Å². The number of methoxy groups -OCH3 is 1. The first kappa shape index (κ1) is 21.2. The van der Waals surface area contributed by atoms with Crippen molar-refractivity contribution in [2.75, 3.05) is 7.11 Å². The monoisotopic (exact) mass is 452 g/mol. The molecule has 33 heavy (non-hydrogen) atoms. The van der Waals surface area contributed by atoms with Gasteiger partial charge in [0.1, 0.15) is 16.1 Å². The van der Waals surface area contributed by atoms with E-state index in [0.29, 0.717) is 4.88 Å². The molecular weight excluding hydrogens is 428 g/mol. The molecule has 0 radical (unpaired) electrons. The van der Waals surface area contributed by atoms with E-state index in [2.05, 4.69) is 83.7 Å². The SMILES string of the molecule is COC(=O)c1ccc(-c2ccn(C(c3ccccc3)(c3ccccc3)C3C=CC=CC3)n2)s1. The van der Waals surface area contributed by atoms with Gasteiger partial charge in [-0.3, -0.25) is 4.68 Å². The highest BCUT2D eigenvalue weighted by Crippen LogP contribution is 2.44. The van der Waals surface area contributed by atoms with Crippen LogP contribution in [0.15, 0.2) is 109 Å². The summed E-state index contributed by atoms with van der Waals surface area (Å²) in [6.45, 7) is 0. The summed E-state index contributed by atoms with van der Waals surface area (Å²) >= 11 is 1.39. The maximum Gasteiger partial charge on any atom is 0.348 e. The van der Waals surface area contributed by atoms with Gasteiger partial charge in [0.2, 0.25) is 0 Å². The number of thiophene rings is 1. The molecule has 0 N–H and O–H groups in total. The van der Waals surface area contributed by atoms with Crippen LogP contribution in [-0.2, 0) is 10.3 Å². The summed E-state index contributed by atoms with van der Waals surface area (Å²) in [7, 11) is 1.40. The van der Waals surface area contributed by atoms with Crippen molar-refractivity contribution in [3.8, 4) is 10.6 Å². The molecule has 1 atom stereocenters. The highest BCUT2D eigenvalue weighted by atomic mass is 32.1.